The van der Waals surface area contributed by atoms with Crippen LogP contribution >= 0.6 is 0 Å². The molecule has 0 amide bonds. The number of halogens is 2. The average molecular weight is 216 g/mol. The highest BCUT2D eigenvalue weighted by atomic mass is 19.3. The standard InChI is InChI=1S/C11H18F2N2/c1-11(2,3)14-6-9-4-5-15(7-9)8-10(12)13/h4-5,7,10,14H,6,8H2,1-3H3. The van der Waals surface area contributed by atoms with Crippen molar-refractivity contribution in [3.8, 4) is 0 Å². The Morgan fingerprint density at radius 2 is 2.07 bits per heavy atom. The highest BCUT2D eigenvalue weighted by Crippen LogP contribution is 2.07. The molecule has 0 aromatic carbocycles. The van der Waals surface area contributed by atoms with Crippen LogP contribution in [0.3, 0.4) is 0 Å². The highest BCUT2D eigenvalue weighted by molar-refractivity contribution is 5.10. The molecule has 1 rings (SSSR count). The lowest BCUT2D eigenvalue weighted by Gasteiger charge is -2.19. The molecule has 1 N–H and O–H groups in total. The molecule has 0 saturated carbocycles. The first-order valence-corrected chi connectivity index (χ1v) is 5.05. The molecular formula is C11H18F2N2. The summed E-state index contributed by atoms with van der Waals surface area (Å²) in [6, 6.07) is 1.86. The molecule has 0 aliphatic rings. The third kappa shape index (κ3) is 4.93. The maximum Gasteiger partial charge on any atom is 0.256 e. The molecule has 0 saturated heterocycles. The SMILES string of the molecule is CC(C)(C)NCc1ccn(CC(F)F)c1. The zero-order chi connectivity index (χ0) is 11.5. The lowest BCUT2D eigenvalue weighted by molar-refractivity contribution is 0.126. The topological polar surface area (TPSA) is 17.0 Å². The molecule has 86 valence electrons. The van der Waals surface area contributed by atoms with Gasteiger partial charge in [-0.1, -0.05) is 0 Å². The van der Waals surface area contributed by atoms with Gasteiger partial charge in [-0.25, -0.2) is 8.78 Å². The van der Waals surface area contributed by atoms with Gasteiger partial charge in [0.2, 0.25) is 0 Å². The van der Waals surface area contributed by atoms with Crippen LogP contribution in [-0.4, -0.2) is 16.5 Å². The van der Waals surface area contributed by atoms with E-state index in [1.165, 1.54) is 4.57 Å². The van der Waals surface area contributed by atoms with Crippen LogP contribution in [0.4, 0.5) is 8.78 Å². The molecule has 1 heterocycles. The molecule has 15 heavy (non-hydrogen) atoms. The Morgan fingerprint density at radius 3 is 2.60 bits per heavy atom. The minimum Gasteiger partial charge on any atom is -0.348 e. The molecule has 0 unspecified atom stereocenters. The number of nitrogens with one attached hydrogen (secondary N) is 1. The van der Waals surface area contributed by atoms with Crippen molar-refractivity contribution in [3.63, 3.8) is 0 Å². The van der Waals surface area contributed by atoms with Crippen LogP contribution in [0.5, 0.6) is 0 Å². The lowest BCUT2D eigenvalue weighted by Crippen LogP contribution is -2.34. The van der Waals surface area contributed by atoms with Gasteiger partial charge < -0.3 is 9.88 Å². The van der Waals surface area contributed by atoms with E-state index < -0.39 is 6.43 Å². The first kappa shape index (κ1) is 12.2. The summed E-state index contributed by atoms with van der Waals surface area (Å²) in [5.74, 6) is 0. The quantitative estimate of drug-likeness (QED) is 0.818. The number of aromatic nitrogens is 1. The largest absolute Gasteiger partial charge is 0.348 e. The van der Waals surface area contributed by atoms with Crippen molar-refractivity contribution in [1.29, 1.82) is 0 Å². The Morgan fingerprint density at radius 1 is 1.40 bits per heavy atom. The molecule has 2 nitrogen and oxygen atoms in total. The third-order valence-electron chi connectivity index (χ3n) is 1.98. The Bertz CT molecular complexity index is 300. The fourth-order valence-corrected chi connectivity index (χ4v) is 1.24. The number of alkyl halides is 2. The summed E-state index contributed by atoms with van der Waals surface area (Å²) in [6.45, 7) is 6.70. The molecule has 0 bridgehead atoms. The molecule has 1 aromatic heterocycles. The average Bonchev–Trinajstić information content (AvgIpc) is 2.46. The van der Waals surface area contributed by atoms with Crippen LogP contribution in [0.1, 0.15) is 26.3 Å². The van der Waals surface area contributed by atoms with Gasteiger partial charge in [-0.15, -0.1) is 0 Å². The van der Waals surface area contributed by atoms with Crippen molar-refractivity contribution in [2.24, 2.45) is 0 Å². The lowest BCUT2D eigenvalue weighted by atomic mass is 10.1. The van der Waals surface area contributed by atoms with Crippen LogP contribution in [0.25, 0.3) is 0 Å². The molecule has 4 heteroatoms. The fraction of sp³-hybridized carbons (Fsp3) is 0.636. The van der Waals surface area contributed by atoms with Crippen molar-refractivity contribution in [3.05, 3.63) is 24.0 Å². The monoisotopic (exact) mass is 216 g/mol. The Labute approximate surface area is 89.3 Å². The second-order valence-corrected chi connectivity index (χ2v) is 4.71. The van der Waals surface area contributed by atoms with Crippen LogP contribution in [0.2, 0.25) is 0 Å². The van der Waals surface area contributed by atoms with Crippen LogP contribution in [0, 0.1) is 0 Å². The summed E-state index contributed by atoms with van der Waals surface area (Å²) < 4.78 is 25.7. The van der Waals surface area contributed by atoms with Gasteiger partial charge in [-0.3, -0.25) is 0 Å². The van der Waals surface area contributed by atoms with E-state index in [0.29, 0.717) is 6.54 Å². The summed E-state index contributed by atoms with van der Waals surface area (Å²) in [5.41, 5.74) is 1.08. The van der Waals surface area contributed by atoms with Crippen molar-refractivity contribution in [1.82, 2.24) is 9.88 Å². The molecule has 0 spiro atoms. The summed E-state index contributed by atoms with van der Waals surface area (Å²) in [6.07, 6.45) is 1.15. The van der Waals surface area contributed by atoms with E-state index in [4.69, 9.17) is 0 Å². The summed E-state index contributed by atoms with van der Waals surface area (Å²) >= 11 is 0. The van der Waals surface area contributed by atoms with Crippen molar-refractivity contribution < 1.29 is 8.78 Å². The Balaban J connectivity index is 2.46. The van der Waals surface area contributed by atoms with E-state index in [-0.39, 0.29) is 12.1 Å². The normalized spacial score (nSPS) is 12.4. The highest BCUT2D eigenvalue weighted by Gasteiger charge is 2.09. The van der Waals surface area contributed by atoms with E-state index in [1.807, 2.05) is 6.07 Å². The van der Waals surface area contributed by atoms with Gasteiger partial charge in [0.05, 0.1) is 6.54 Å². The van der Waals surface area contributed by atoms with Gasteiger partial charge in [0, 0.05) is 24.5 Å². The molecule has 0 aliphatic carbocycles. The zero-order valence-corrected chi connectivity index (χ0v) is 9.43. The molecule has 1 aromatic rings. The van der Waals surface area contributed by atoms with E-state index in [2.05, 4.69) is 26.1 Å². The maximum absolute atomic E-state index is 12.1. The first-order chi connectivity index (χ1) is 6.87. The second kappa shape index (κ2) is 4.75. The van der Waals surface area contributed by atoms with Crippen LogP contribution in [0.15, 0.2) is 18.5 Å². The molecule has 0 fully saturated rings. The second-order valence-electron chi connectivity index (χ2n) is 4.71. The molecule has 0 atom stereocenters. The number of hydrogen-bond acceptors (Lipinski definition) is 1. The zero-order valence-electron chi connectivity index (χ0n) is 9.43. The van der Waals surface area contributed by atoms with Gasteiger partial charge in [0.15, 0.2) is 0 Å². The number of hydrogen-bond donors (Lipinski definition) is 1. The van der Waals surface area contributed by atoms with E-state index in [9.17, 15) is 8.78 Å². The maximum atomic E-state index is 12.1. The Kier molecular flexibility index (Phi) is 3.85. The van der Waals surface area contributed by atoms with Crippen molar-refractivity contribution in [2.75, 3.05) is 0 Å². The van der Waals surface area contributed by atoms with Gasteiger partial charge in [-0.05, 0) is 32.4 Å². The molecular weight excluding hydrogens is 198 g/mol. The van der Waals surface area contributed by atoms with E-state index >= 15 is 0 Å². The minimum atomic E-state index is -2.29. The van der Waals surface area contributed by atoms with Crippen molar-refractivity contribution >= 4 is 0 Å². The van der Waals surface area contributed by atoms with E-state index in [0.717, 1.165) is 5.56 Å². The summed E-state index contributed by atoms with van der Waals surface area (Å²) in [4.78, 5) is 0. The predicted molar refractivity (Wildman–Crippen MR) is 57.0 cm³/mol. The van der Waals surface area contributed by atoms with Gasteiger partial charge >= 0.3 is 0 Å². The van der Waals surface area contributed by atoms with Gasteiger partial charge in [0.1, 0.15) is 0 Å². The summed E-state index contributed by atoms with van der Waals surface area (Å²) in [7, 11) is 0. The number of nitrogens with zero attached hydrogens (tertiary/aromatic N) is 1. The van der Waals surface area contributed by atoms with Gasteiger partial charge in [0.25, 0.3) is 6.43 Å². The molecule has 0 aliphatic heterocycles. The molecule has 0 radical (unpaired) electrons. The van der Waals surface area contributed by atoms with Crippen LogP contribution in [-0.2, 0) is 13.1 Å². The fourth-order valence-electron chi connectivity index (χ4n) is 1.24. The minimum absolute atomic E-state index is 0.0464. The smallest absolute Gasteiger partial charge is 0.256 e. The number of rotatable bonds is 4. The van der Waals surface area contributed by atoms with Crippen LogP contribution < -0.4 is 5.32 Å². The predicted octanol–water partition coefficient (Wildman–Crippen LogP) is 2.64. The summed E-state index contributed by atoms with van der Waals surface area (Å²) in [5, 5.41) is 3.30. The Hall–Kier alpha value is -0.900. The van der Waals surface area contributed by atoms with Gasteiger partial charge in [-0.2, -0.15) is 0 Å². The van der Waals surface area contributed by atoms with E-state index in [1.54, 1.807) is 12.4 Å². The van der Waals surface area contributed by atoms with Crippen molar-refractivity contribution in [2.45, 2.75) is 45.8 Å². The third-order valence-corrected chi connectivity index (χ3v) is 1.98. The first-order valence-electron chi connectivity index (χ1n) is 5.05.